The molecule has 13 nitrogen and oxygen atoms in total. The van der Waals surface area contributed by atoms with Gasteiger partial charge in [-0.05, 0) is 12.8 Å². The zero-order chi connectivity index (χ0) is 23.6. The van der Waals surface area contributed by atoms with E-state index in [2.05, 4.69) is 9.97 Å². The van der Waals surface area contributed by atoms with Crippen molar-refractivity contribution in [2.45, 2.75) is 59.5 Å². The summed E-state index contributed by atoms with van der Waals surface area (Å²) in [5, 5.41) is 0. The van der Waals surface area contributed by atoms with Crippen molar-refractivity contribution in [2.75, 3.05) is 11.5 Å². The number of fused-ring (bicyclic) bond motifs is 2. The SMILES string of the molecule is CC(=O)OCCCCn1cnc2c(=O)n3c(nc21)N(C(C)=O)C(OC(C)=O)C3OC(C)=O. The quantitative estimate of drug-likeness (QED) is 0.327. The lowest BCUT2D eigenvalue weighted by atomic mass is 10.3. The first kappa shape index (κ1) is 22.9. The molecule has 1 aliphatic heterocycles. The van der Waals surface area contributed by atoms with Gasteiger partial charge in [-0.3, -0.25) is 24.0 Å². The van der Waals surface area contributed by atoms with Gasteiger partial charge in [0.15, 0.2) is 11.2 Å². The van der Waals surface area contributed by atoms with Crippen LogP contribution in [0.2, 0.25) is 0 Å². The zero-order valence-electron chi connectivity index (χ0n) is 18.1. The van der Waals surface area contributed by atoms with Crippen molar-refractivity contribution < 1.29 is 33.4 Å². The maximum absolute atomic E-state index is 13.2. The van der Waals surface area contributed by atoms with Gasteiger partial charge in [-0.2, -0.15) is 4.98 Å². The highest BCUT2D eigenvalue weighted by Gasteiger charge is 2.47. The number of rotatable bonds is 7. The number of amides is 1. The first-order valence-electron chi connectivity index (χ1n) is 9.86. The minimum Gasteiger partial charge on any atom is -0.466 e. The molecule has 0 saturated heterocycles. The van der Waals surface area contributed by atoms with Crippen molar-refractivity contribution in [3.8, 4) is 0 Å². The Labute approximate surface area is 181 Å². The second-order valence-electron chi connectivity index (χ2n) is 7.13. The number of unbranched alkanes of at least 4 members (excludes halogenated alkanes) is 1. The fraction of sp³-hybridized carbons (Fsp3) is 0.526. The summed E-state index contributed by atoms with van der Waals surface area (Å²) in [6.45, 7) is 5.48. The third-order valence-electron chi connectivity index (χ3n) is 4.63. The van der Waals surface area contributed by atoms with Crippen LogP contribution >= 0.6 is 0 Å². The Morgan fingerprint density at radius 2 is 1.62 bits per heavy atom. The van der Waals surface area contributed by atoms with E-state index in [9.17, 15) is 24.0 Å². The molecule has 0 fully saturated rings. The number of anilines is 1. The van der Waals surface area contributed by atoms with Crippen LogP contribution in [0.3, 0.4) is 0 Å². The van der Waals surface area contributed by atoms with Crippen LogP contribution in [0.1, 0.15) is 46.8 Å². The van der Waals surface area contributed by atoms with Gasteiger partial charge >= 0.3 is 17.9 Å². The topological polar surface area (TPSA) is 152 Å². The Balaban J connectivity index is 2.02. The molecule has 0 aromatic carbocycles. The molecule has 0 radical (unpaired) electrons. The minimum atomic E-state index is -1.41. The number of nitrogens with zero attached hydrogens (tertiary/aromatic N) is 5. The van der Waals surface area contributed by atoms with Gasteiger partial charge in [0.05, 0.1) is 12.9 Å². The van der Waals surface area contributed by atoms with E-state index in [-0.39, 0.29) is 29.7 Å². The van der Waals surface area contributed by atoms with E-state index in [0.29, 0.717) is 19.4 Å². The van der Waals surface area contributed by atoms with Gasteiger partial charge < -0.3 is 18.8 Å². The van der Waals surface area contributed by atoms with Crippen molar-refractivity contribution in [2.24, 2.45) is 0 Å². The lowest BCUT2D eigenvalue weighted by Gasteiger charge is -2.24. The van der Waals surface area contributed by atoms with Crippen LogP contribution in [0.15, 0.2) is 11.1 Å². The van der Waals surface area contributed by atoms with E-state index >= 15 is 0 Å². The monoisotopic (exact) mass is 449 g/mol. The lowest BCUT2D eigenvalue weighted by Crippen LogP contribution is -2.42. The number of esters is 3. The maximum Gasteiger partial charge on any atom is 0.304 e. The molecule has 0 spiro atoms. The molecule has 13 heteroatoms. The highest BCUT2D eigenvalue weighted by Crippen LogP contribution is 2.34. The van der Waals surface area contributed by atoms with Gasteiger partial charge in [0.25, 0.3) is 5.56 Å². The predicted molar refractivity (Wildman–Crippen MR) is 107 cm³/mol. The predicted octanol–water partition coefficient (Wildman–Crippen LogP) is 0.254. The number of ether oxygens (including phenoxy) is 3. The number of hydrogen-bond donors (Lipinski definition) is 0. The van der Waals surface area contributed by atoms with Crippen LogP contribution in [0, 0.1) is 0 Å². The smallest absolute Gasteiger partial charge is 0.304 e. The van der Waals surface area contributed by atoms with Crippen LogP contribution in [0.4, 0.5) is 5.95 Å². The molecular formula is C19H23N5O8. The largest absolute Gasteiger partial charge is 0.466 e. The molecule has 2 unspecified atom stereocenters. The molecule has 2 aromatic rings. The third kappa shape index (κ3) is 4.45. The standard InChI is InChI=1S/C19H23N5O8/c1-10(25)23-17(31-12(3)27)18(32-13(4)28)24-16(29)14-15(21-19(23)24)22(9-20-14)7-5-6-8-30-11(2)26/h9,17-18H,5-8H2,1-4H3. The Hall–Kier alpha value is -3.77. The Morgan fingerprint density at radius 1 is 0.969 bits per heavy atom. The first-order chi connectivity index (χ1) is 15.1. The van der Waals surface area contributed by atoms with Gasteiger partial charge in [-0.1, -0.05) is 0 Å². The first-order valence-corrected chi connectivity index (χ1v) is 9.86. The summed E-state index contributed by atoms with van der Waals surface area (Å²) >= 11 is 0. The summed E-state index contributed by atoms with van der Waals surface area (Å²) in [6, 6.07) is 0. The molecule has 3 rings (SSSR count). The molecule has 1 amide bonds. The Kier molecular flexibility index (Phi) is 6.55. The summed E-state index contributed by atoms with van der Waals surface area (Å²) in [5.74, 6) is -2.54. The number of carbonyl (C=O) groups excluding carboxylic acids is 4. The molecule has 0 saturated carbocycles. The average molecular weight is 449 g/mol. The van der Waals surface area contributed by atoms with Gasteiger partial charge in [-0.15, -0.1) is 0 Å². The molecule has 172 valence electrons. The fourth-order valence-corrected chi connectivity index (χ4v) is 3.41. The van der Waals surface area contributed by atoms with E-state index < -0.39 is 35.9 Å². The second kappa shape index (κ2) is 9.16. The second-order valence-corrected chi connectivity index (χ2v) is 7.13. The molecule has 3 heterocycles. The molecule has 1 aliphatic rings. The zero-order valence-corrected chi connectivity index (χ0v) is 18.1. The fourth-order valence-electron chi connectivity index (χ4n) is 3.41. The summed E-state index contributed by atoms with van der Waals surface area (Å²) < 4.78 is 17.9. The van der Waals surface area contributed by atoms with Gasteiger partial charge in [0, 0.05) is 34.2 Å². The van der Waals surface area contributed by atoms with E-state index in [4.69, 9.17) is 14.2 Å². The minimum absolute atomic E-state index is 0.00198. The lowest BCUT2D eigenvalue weighted by molar-refractivity contribution is -0.171. The summed E-state index contributed by atoms with van der Waals surface area (Å²) in [7, 11) is 0. The normalized spacial score (nSPS) is 17.2. The number of aromatic nitrogens is 4. The maximum atomic E-state index is 13.2. The van der Waals surface area contributed by atoms with E-state index in [1.54, 1.807) is 4.57 Å². The van der Waals surface area contributed by atoms with Crippen molar-refractivity contribution in [3.63, 3.8) is 0 Å². The summed E-state index contributed by atoms with van der Waals surface area (Å²) in [6.07, 6.45) is -0.164. The van der Waals surface area contributed by atoms with Crippen LogP contribution in [0.25, 0.3) is 11.2 Å². The van der Waals surface area contributed by atoms with E-state index in [0.717, 1.165) is 23.3 Å². The molecule has 32 heavy (non-hydrogen) atoms. The Morgan fingerprint density at radius 3 is 2.22 bits per heavy atom. The van der Waals surface area contributed by atoms with Crippen molar-refractivity contribution in [1.82, 2.24) is 19.1 Å². The third-order valence-corrected chi connectivity index (χ3v) is 4.63. The van der Waals surface area contributed by atoms with Gasteiger partial charge in [-0.25, -0.2) is 14.5 Å². The average Bonchev–Trinajstić information content (AvgIpc) is 3.20. The van der Waals surface area contributed by atoms with Crippen molar-refractivity contribution in [1.29, 1.82) is 0 Å². The summed E-state index contributed by atoms with van der Waals surface area (Å²) in [4.78, 5) is 69.2. The highest BCUT2D eigenvalue weighted by molar-refractivity contribution is 5.92. The van der Waals surface area contributed by atoms with Crippen LogP contribution < -0.4 is 10.5 Å². The number of carbonyl (C=O) groups is 4. The molecule has 0 bridgehead atoms. The van der Waals surface area contributed by atoms with Crippen LogP contribution in [-0.2, 0) is 39.9 Å². The number of hydrogen-bond acceptors (Lipinski definition) is 10. The van der Waals surface area contributed by atoms with E-state index in [1.807, 2.05) is 0 Å². The molecular weight excluding hydrogens is 426 g/mol. The molecule has 0 aliphatic carbocycles. The molecule has 0 N–H and O–H groups in total. The molecule has 2 aromatic heterocycles. The van der Waals surface area contributed by atoms with Crippen molar-refractivity contribution in [3.05, 3.63) is 16.7 Å². The Bertz CT molecular complexity index is 1140. The summed E-state index contributed by atoms with van der Waals surface area (Å²) in [5.41, 5.74) is -0.446. The van der Waals surface area contributed by atoms with Crippen LogP contribution in [-0.4, -0.2) is 55.8 Å². The molecule has 2 atom stereocenters. The number of imidazole rings is 1. The highest BCUT2D eigenvalue weighted by atomic mass is 16.6. The van der Waals surface area contributed by atoms with Crippen molar-refractivity contribution >= 4 is 40.9 Å². The number of aryl methyl sites for hydroxylation is 1. The van der Waals surface area contributed by atoms with Gasteiger partial charge in [0.2, 0.25) is 24.3 Å². The van der Waals surface area contributed by atoms with Gasteiger partial charge in [0.1, 0.15) is 0 Å². The van der Waals surface area contributed by atoms with Crippen LogP contribution in [0.5, 0.6) is 0 Å². The van der Waals surface area contributed by atoms with E-state index in [1.165, 1.54) is 20.2 Å².